The molecule has 2 fully saturated rings. The maximum absolute atomic E-state index is 12.7. The molecule has 1 N–H and O–H groups in total. The molecule has 1 aliphatic carbocycles. The highest BCUT2D eigenvalue weighted by Gasteiger charge is 2.49. The van der Waals surface area contributed by atoms with E-state index in [-0.39, 0.29) is 35.0 Å². The van der Waals surface area contributed by atoms with Crippen molar-refractivity contribution in [1.29, 1.82) is 0 Å². The normalized spacial score (nSPS) is 22.0. The van der Waals surface area contributed by atoms with Crippen LogP contribution in [0.25, 0.3) is 0 Å². The zero-order chi connectivity index (χ0) is 19.4. The van der Waals surface area contributed by atoms with Crippen LogP contribution in [-0.4, -0.2) is 36.5 Å². The number of nitrogens with zero attached hydrogens (tertiary/aromatic N) is 2. The van der Waals surface area contributed by atoms with Crippen LogP contribution in [0.3, 0.4) is 0 Å². The fourth-order valence-electron chi connectivity index (χ4n) is 3.92. The van der Waals surface area contributed by atoms with E-state index in [0.717, 1.165) is 24.2 Å². The van der Waals surface area contributed by atoms with Crippen molar-refractivity contribution in [3.8, 4) is 0 Å². The second-order valence-electron chi connectivity index (χ2n) is 6.95. The van der Waals surface area contributed by atoms with Gasteiger partial charge in [0.2, 0.25) is 11.8 Å². The molecule has 27 heavy (non-hydrogen) atoms. The number of fused-ring (bicyclic) bond motifs is 1. The number of carbonyl (C=O) groups is 2. The molecule has 2 aliphatic rings. The summed E-state index contributed by atoms with van der Waals surface area (Å²) in [6.45, 7) is 3.66. The summed E-state index contributed by atoms with van der Waals surface area (Å²) in [5.74, 6) is -1.00. The van der Waals surface area contributed by atoms with Gasteiger partial charge in [-0.05, 0) is 38.3 Å². The summed E-state index contributed by atoms with van der Waals surface area (Å²) in [5.41, 5.74) is 0.516. The third-order valence-electron chi connectivity index (χ3n) is 5.26. The van der Waals surface area contributed by atoms with Gasteiger partial charge in [-0.15, -0.1) is 0 Å². The second-order valence-corrected chi connectivity index (χ2v) is 6.95. The number of nitro benzene ring substituents is 1. The van der Waals surface area contributed by atoms with Gasteiger partial charge >= 0.3 is 0 Å². The van der Waals surface area contributed by atoms with Crippen LogP contribution in [0.1, 0.15) is 39.0 Å². The highest BCUT2D eigenvalue weighted by Crippen LogP contribution is 2.41. The van der Waals surface area contributed by atoms with Gasteiger partial charge in [0, 0.05) is 25.8 Å². The van der Waals surface area contributed by atoms with Crippen molar-refractivity contribution in [3.05, 3.63) is 28.3 Å². The molecular formula is C19H25N3O5. The first kappa shape index (κ1) is 19.3. The maximum Gasteiger partial charge on any atom is 0.294 e. The molecule has 0 unspecified atom stereocenters. The number of rotatable bonds is 8. The van der Waals surface area contributed by atoms with Crippen LogP contribution < -0.4 is 10.2 Å². The first-order chi connectivity index (χ1) is 13.0. The van der Waals surface area contributed by atoms with E-state index in [9.17, 15) is 19.7 Å². The average molecular weight is 375 g/mol. The predicted molar refractivity (Wildman–Crippen MR) is 101 cm³/mol. The van der Waals surface area contributed by atoms with E-state index in [1.54, 1.807) is 12.1 Å². The number of nitrogens with one attached hydrogen (secondary N) is 1. The van der Waals surface area contributed by atoms with Crippen molar-refractivity contribution in [2.75, 3.05) is 30.0 Å². The summed E-state index contributed by atoms with van der Waals surface area (Å²) >= 11 is 0. The Morgan fingerprint density at radius 2 is 1.89 bits per heavy atom. The van der Waals surface area contributed by atoms with Crippen LogP contribution in [0.15, 0.2) is 18.2 Å². The lowest BCUT2D eigenvalue weighted by Gasteiger charge is -2.19. The monoisotopic (exact) mass is 375 g/mol. The van der Waals surface area contributed by atoms with E-state index in [0.29, 0.717) is 38.3 Å². The lowest BCUT2D eigenvalue weighted by Crippen LogP contribution is -2.30. The number of ether oxygens (including phenoxy) is 1. The lowest BCUT2D eigenvalue weighted by molar-refractivity contribution is -0.383. The lowest BCUT2D eigenvalue weighted by atomic mass is 9.81. The summed E-state index contributed by atoms with van der Waals surface area (Å²) < 4.78 is 5.25. The molecule has 0 aromatic heterocycles. The standard InChI is InChI=1S/C19H25N3O5/c1-2-27-11-5-10-20-16-9-8-13(12-17(16)22(25)26)21-18(23)14-6-3-4-7-15(14)19(21)24/h8-9,12,14-15,20H,2-7,10-11H2,1H3/t14-,15-/m0/s1. The van der Waals surface area contributed by atoms with Crippen molar-refractivity contribution < 1.29 is 19.2 Å². The van der Waals surface area contributed by atoms with Crippen LogP contribution in [0.5, 0.6) is 0 Å². The molecule has 1 aromatic carbocycles. The van der Waals surface area contributed by atoms with Gasteiger partial charge in [0.25, 0.3) is 5.69 Å². The van der Waals surface area contributed by atoms with Crippen LogP contribution in [0.4, 0.5) is 17.1 Å². The van der Waals surface area contributed by atoms with Gasteiger partial charge in [-0.1, -0.05) is 12.8 Å². The molecule has 8 nitrogen and oxygen atoms in total. The first-order valence-electron chi connectivity index (χ1n) is 9.52. The minimum absolute atomic E-state index is 0.139. The number of hydrogen-bond donors (Lipinski definition) is 1. The van der Waals surface area contributed by atoms with Crippen molar-refractivity contribution in [3.63, 3.8) is 0 Å². The molecule has 1 aromatic rings. The van der Waals surface area contributed by atoms with Crippen LogP contribution in [-0.2, 0) is 14.3 Å². The molecule has 8 heteroatoms. The zero-order valence-electron chi connectivity index (χ0n) is 15.5. The number of nitro groups is 1. The van der Waals surface area contributed by atoms with Gasteiger partial charge in [0.05, 0.1) is 22.4 Å². The van der Waals surface area contributed by atoms with E-state index >= 15 is 0 Å². The highest BCUT2D eigenvalue weighted by molar-refractivity contribution is 6.22. The molecule has 0 radical (unpaired) electrons. The third-order valence-corrected chi connectivity index (χ3v) is 5.26. The van der Waals surface area contributed by atoms with Gasteiger partial charge < -0.3 is 10.1 Å². The van der Waals surface area contributed by atoms with Crippen LogP contribution >= 0.6 is 0 Å². The number of imide groups is 1. The summed E-state index contributed by atoms with van der Waals surface area (Å²) in [6.07, 6.45) is 4.04. The van der Waals surface area contributed by atoms with Crippen LogP contribution in [0.2, 0.25) is 0 Å². The van der Waals surface area contributed by atoms with Crippen LogP contribution in [0, 0.1) is 22.0 Å². The Kier molecular flexibility index (Phi) is 6.05. The molecule has 146 valence electrons. The molecule has 1 heterocycles. The van der Waals surface area contributed by atoms with E-state index in [1.807, 2.05) is 6.92 Å². The Morgan fingerprint density at radius 3 is 2.48 bits per heavy atom. The Hall–Kier alpha value is -2.48. The van der Waals surface area contributed by atoms with Gasteiger partial charge in [-0.2, -0.15) is 0 Å². The average Bonchev–Trinajstić information content (AvgIpc) is 2.93. The molecule has 2 amide bonds. The van der Waals surface area contributed by atoms with Crippen molar-refractivity contribution in [2.45, 2.75) is 39.0 Å². The van der Waals surface area contributed by atoms with E-state index in [2.05, 4.69) is 5.32 Å². The Morgan fingerprint density at radius 1 is 1.22 bits per heavy atom. The number of benzene rings is 1. The van der Waals surface area contributed by atoms with E-state index in [4.69, 9.17) is 4.74 Å². The number of anilines is 2. The second kappa shape index (κ2) is 8.47. The Balaban J connectivity index is 1.78. The molecule has 2 atom stereocenters. The molecule has 1 saturated carbocycles. The molecule has 3 rings (SSSR count). The Labute approximate surface area is 158 Å². The van der Waals surface area contributed by atoms with E-state index in [1.165, 1.54) is 6.07 Å². The van der Waals surface area contributed by atoms with Crippen molar-refractivity contribution in [2.24, 2.45) is 11.8 Å². The summed E-state index contributed by atoms with van der Waals surface area (Å²) in [7, 11) is 0. The fraction of sp³-hybridized carbons (Fsp3) is 0.579. The maximum atomic E-state index is 12.7. The molecule has 1 saturated heterocycles. The third kappa shape index (κ3) is 3.95. The van der Waals surface area contributed by atoms with Gasteiger partial charge in [0.15, 0.2) is 0 Å². The summed E-state index contributed by atoms with van der Waals surface area (Å²) in [6, 6.07) is 4.49. The minimum atomic E-state index is -0.494. The van der Waals surface area contributed by atoms with Crippen molar-refractivity contribution in [1.82, 2.24) is 0 Å². The van der Waals surface area contributed by atoms with Gasteiger partial charge in [-0.3, -0.25) is 19.7 Å². The number of hydrogen-bond acceptors (Lipinski definition) is 6. The predicted octanol–water partition coefficient (Wildman–Crippen LogP) is 3.11. The Bertz CT molecular complexity index is 712. The minimum Gasteiger partial charge on any atom is -0.382 e. The highest BCUT2D eigenvalue weighted by atomic mass is 16.6. The molecule has 1 aliphatic heterocycles. The van der Waals surface area contributed by atoms with Gasteiger partial charge in [0.1, 0.15) is 5.69 Å². The van der Waals surface area contributed by atoms with Gasteiger partial charge in [-0.25, -0.2) is 4.90 Å². The van der Waals surface area contributed by atoms with Crippen molar-refractivity contribution >= 4 is 28.9 Å². The fourth-order valence-corrected chi connectivity index (χ4v) is 3.92. The topological polar surface area (TPSA) is 102 Å². The molecule has 0 bridgehead atoms. The zero-order valence-corrected chi connectivity index (χ0v) is 15.5. The molecular weight excluding hydrogens is 350 g/mol. The largest absolute Gasteiger partial charge is 0.382 e. The SMILES string of the molecule is CCOCCCNc1ccc(N2C(=O)[C@H]3CCCC[C@@H]3C2=O)cc1[N+](=O)[O-]. The number of amides is 2. The number of carbonyl (C=O) groups excluding carboxylic acids is 2. The first-order valence-corrected chi connectivity index (χ1v) is 9.52. The quantitative estimate of drug-likeness (QED) is 0.324. The van der Waals surface area contributed by atoms with E-state index < -0.39 is 4.92 Å². The molecule has 0 spiro atoms. The smallest absolute Gasteiger partial charge is 0.294 e. The summed E-state index contributed by atoms with van der Waals surface area (Å²) in [5, 5.41) is 14.5. The summed E-state index contributed by atoms with van der Waals surface area (Å²) in [4.78, 5) is 37.5.